The SMILES string of the molecule is O=C(O)c1ccnc(-c2cc(OCc3ccccc3)c(OCc3ccccc3)cn2)n1. The number of carboxylic acids is 1. The van der Waals surface area contributed by atoms with Crippen LogP contribution < -0.4 is 9.47 Å². The van der Waals surface area contributed by atoms with Gasteiger partial charge in [-0.05, 0) is 17.2 Å². The summed E-state index contributed by atoms with van der Waals surface area (Å²) in [4.78, 5) is 23.8. The molecule has 2 aromatic heterocycles. The van der Waals surface area contributed by atoms with E-state index in [0.29, 0.717) is 30.4 Å². The average Bonchev–Trinajstić information content (AvgIpc) is 2.83. The van der Waals surface area contributed by atoms with Crippen molar-refractivity contribution in [2.24, 2.45) is 0 Å². The lowest BCUT2D eigenvalue weighted by Gasteiger charge is -2.14. The fourth-order valence-electron chi connectivity index (χ4n) is 2.84. The Balaban J connectivity index is 1.62. The summed E-state index contributed by atoms with van der Waals surface area (Å²) in [5.41, 5.74) is 2.29. The second kappa shape index (κ2) is 9.49. The van der Waals surface area contributed by atoms with E-state index in [0.717, 1.165) is 11.1 Å². The van der Waals surface area contributed by atoms with Crippen LogP contribution in [0.15, 0.2) is 85.2 Å². The van der Waals surface area contributed by atoms with Crippen LogP contribution in [0.4, 0.5) is 0 Å². The molecule has 31 heavy (non-hydrogen) atoms. The number of hydrogen-bond donors (Lipinski definition) is 1. The average molecular weight is 413 g/mol. The number of carboxylic acid groups (broad SMARTS) is 1. The Bertz CT molecular complexity index is 1170. The van der Waals surface area contributed by atoms with Gasteiger partial charge in [0.05, 0.1) is 6.20 Å². The summed E-state index contributed by atoms with van der Waals surface area (Å²) in [7, 11) is 0. The first-order valence-electron chi connectivity index (χ1n) is 9.59. The Hall–Kier alpha value is -4.26. The fraction of sp³-hybridized carbons (Fsp3) is 0.0833. The zero-order valence-electron chi connectivity index (χ0n) is 16.5. The van der Waals surface area contributed by atoms with Crippen molar-refractivity contribution in [2.45, 2.75) is 13.2 Å². The van der Waals surface area contributed by atoms with Gasteiger partial charge in [0, 0.05) is 12.3 Å². The minimum atomic E-state index is -1.13. The predicted octanol–water partition coefficient (Wildman–Crippen LogP) is 4.39. The number of aromatic nitrogens is 3. The van der Waals surface area contributed by atoms with Crippen molar-refractivity contribution in [1.29, 1.82) is 0 Å². The van der Waals surface area contributed by atoms with E-state index in [1.165, 1.54) is 18.5 Å². The summed E-state index contributed by atoms with van der Waals surface area (Å²) in [5.74, 6) is -0.00174. The van der Waals surface area contributed by atoms with Crippen LogP contribution >= 0.6 is 0 Å². The lowest BCUT2D eigenvalue weighted by Crippen LogP contribution is -2.04. The van der Waals surface area contributed by atoms with Crippen LogP contribution in [0.3, 0.4) is 0 Å². The molecule has 0 aliphatic heterocycles. The third-order valence-corrected chi connectivity index (χ3v) is 4.41. The number of aromatic carboxylic acids is 1. The molecule has 0 saturated carbocycles. The zero-order chi connectivity index (χ0) is 21.5. The van der Waals surface area contributed by atoms with Gasteiger partial charge >= 0.3 is 5.97 Å². The lowest BCUT2D eigenvalue weighted by molar-refractivity contribution is 0.0690. The van der Waals surface area contributed by atoms with E-state index in [1.54, 1.807) is 6.07 Å². The van der Waals surface area contributed by atoms with Crippen LogP contribution in [0, 0.1) is 0 Å². The number of carbonyl (C=O) groups is 1. The van der Waals surface area contributed by atoms with Gasteiger partial charge in [0.25, 0.3) is 0 Å². The molecular weight excluding hydrogens is 394 g/mol. The van der Waals surface area contributed by atoms with E-state index in [4.69, 9.17) is 9.47 Å². The Labute approximate surface area is 179 Å². The first-order chi connectivity index (χ1) is 15.2. The number of rotatable bonds is 8. The highest BCUT2D eigenvalue weighted by Gasteiger charge is 2.14. The maximum atomic E-state index is 11.2. The van der Waals surface area contributed by atoms with Crippen LogP contribution in [-0.4, -0.2) is 26.0 Å². The van der Waals surface area contributed by atoms with Gasteiger partial charge in [0.1, 0.15) is 18.9 Å². The summed E-state index contributed by atoms with van der Waals surface area (Å²) in [5, 5.41) is 9.19. The van der Waals surface area contributed by atoms with Crippen molar-refractivity contribution < 1.29 is 19.4 Å². The van der Waals surface area contributed by atoms with E-state index >= 15 is 0 Å². The molecule has 0 radical (unpaired) electrons. The van der Waals surface area contributed by atoms with Crippen molar-refractivity contribution in [3.63, 3.8) is 0 Å². The second-order valence-electron chi connectivity index (χ2n) is 6.64. The van der Waals surface area contributed by atoms with Crippen molar-refractivity contribution in [3.8, 4) is 23.0 Å². The predicted molar refractivity (Wildman–Crippen MR) is 114 cm³/mol. The summed E-state index contributed by atoms with van der Waals surface area (Å²) in [6, 6.07) is 22.5. The molecule has 0 spiro atoms. The van der Waals surface area contributed by atoms with Crippen LogP contribution in [0.25, 0.3) is 11.5 Å². The van der Waals surface area contributed by atoms with Gasteiger partial charge in [0.15, 0.2) is 23.0 Å². The van der Waals surface area contributed by atoms with Gasteiger partial charge in [0.2, 0.25) is 0 Å². The van der Waals surface area contributed by atoms with E-state index < -0.39 is 5.97 Å². The Kier molecular flexibility index (Phi) is 6.13. The largest absolute Gasteiger partial charge is 0.485 e. The van der Waals surface area contributed by atoms with Gasteiger partial charge in [-0.15, -0.1) is 0 Å². The lowest BCUT2D eigenvalue weighted by atomic mass is 10.2. The molecule has 0 saturated heterocycles. The first kappa shape index (κ1) is 20.0. The molecule has 0 fully saturated rings. The number of benzene rings is 2. The molecule has 0 atom stereocenters. The molecule has 0 amide bonds. The van der Waals surface area contributed by atoms with E-state index in [2.05, 4.69) is 15.0 Å². The van der Waals surface area contributed by atoms with Crippen molar-refractivity contribution in [2.75, 3.05) is 0 Å². The minimum absolute atomic E-state index is 0.108. The molecule has 2 aromatic carbocycles. The normalized spacial score (nSPS) is 10.5. The van der Waals surface area contributed by atoms with Crippen LogP contribution in [0.1, 0.15) is 21.6 Å². The molecule has 0 unspecified atom stereocenters. The quantitative estimate of drug-likeness (QED) is 0.458. The Morgan fingerprint density at radius 1 is 0.806 bits per heavy atom. The smallest absolute Gasteiger partial charge is 0.354 e. The summed E-state index contributed by atoms with van der Waals surface area (Å²) >= 11 is 0. The third kappa shape index (κ3) is 5.22. The van der Waals surface area contributed by atoms with Crippen LogP contribution in [0.2, 0.25) is 0 Å². The van der Waals surface area contributed by atoms with Crippen molar-refractivity contribution >= 4 is 5.97 Å². The molecule has 0 aliphatic carbocycles. The molecule has 7 nitrogen and oxygen atoms in total. The standard InChI is InChI=1S/C24H19N3O4/c28-24(29)19-11-12-25-23(27-19)20-13-21(30-15-17-7-3-1-4-8-17)22(14-26-20)31-16-18-9-5-2-6-10-18/h1-14H,15-16H2,(H,28,29). The van der Waals surface area contributed by atoms with Gasteiger partial charge in [-0.1, -0.05) is 60.7 Å². The second-order valence-corrected chi connectivity index (χ2v) is 6.64. The van der Waals surface area contributed by atoms with Crippen LogP contribution in [0.5, 0.6) is 11.5 Å². The zero-order valence-corrected chi connectivity index (χ0v) is 16.5. The summed E-state index contributed by atoms with van der Waals surface area (Å²) in [6.45, 7) is 0.691. The Morgan fingerprint density at radius 2 is 1.42 bits per heavy atom. The molecule has 2 heterocycles. The van der Waals surface area contributed by atoms with Gasteiger partial charge in [-0.3, -0.25) is 0 Å². The number of pyridine rings is 1. The van der Waals surface area contributed by atoms with E-state index in [9.17, 15) is 9.90 Å². The number of nitrogens with zero attached hydrogens (tertiary/aromatic N) is 3. The number of hydrogen-bond acceptors (Lipinski definition) is 6. The molecule has 154 valence electrons. The van der Waals surface area contributed by atoms with Crippen molar-refractivity contribution in [1.82, 2.24) is 15.0 Å². The summed E-state index contributed by atoms with van der Waals surface area (Å²) < 4.78 is 12.0. The molecule has 0 bridgehead atoms. The third-order valence-electron chi connectivity index (χ3n) is 4.41. The fourth-order valence-corrected chi connectivity index (χ4v) is 2.84. The topological polar surface area (TPSA) is 94.4 Å². The van der Waals surface area contributed by atoms with E-state index in [-0.39, 0.29) is 11.5 Å². The van der Waals surface area contributed by atoms with Gasteiger partial charge in [-0.2, -0.15) is 0 Å². The minimum Gasteiger partial charge on any atom is -0.485 e. The first-order valence-corrected chi connectivity index (χ1v) is 9.59. The highest BCUT2D eigenvalue weighted by atomic mass is 16.5. The highest BCUT2D eigenvalue weighted by Crippen LogP contribution is 2.31. The van der Waals surface area contributed by atoms with Crippen LogP contribution in [-0.2, 0) is 13.2 Å². The maximum Gasteiger partial charge on any atom is 0.354 e. The molecule has 7 heteroatoms. The maximum absolute atomic E-state index is 11.2. The summed E-state index contributed by atoms with van der Waals surface area (Å²) in [6.07, 6.45) is 2.92. The monoisotopic (exact) mass is 413 g/mol. The van der Waals surface area contributed by atoms with Crippen molar-refractivity contribution in [3.05, 3.63) is 102 Å². The highest BCUT2D eigenvalue weighted by molar-refractivity contribution is 5.85. The number of ether oxygens (including phenoxy) is 2. The molecule has 1 N–H and O–H groups in total. The molecule has 0 aliphatic rings. The Morgan fingerprint density at radius 3 is 2.03 bits per heavy atom. The molecular formula is C24H19N3O4. The molecule has 4 aromatic rings. The van der Waals surface area contributed by atoms with Gasteiger partial charge in [-0.25, -0.2) is 19.7 Å². The van der Waals surface area contributed by atoms with Gasteiger partial charge < -0.3 is 14.6 Å². The molecule has 4 rings (SSSR count). The van der Waals surface area contributed by atoms with E-state index in [1.807, 2.05) is 60.7 Å².